The van der Waals surface area contributed by atoms with Gasteiger partial charge in [-0.1, -0.05) is 0 Å². The zero-order valence-corrected chi connectivity index (χ0v) is 15.4. The normalized spacial score (nSPS) is 17.0. The van der Waals surface area contributed by atoms with Crippen molar-refractivity contribution in [3.05, 3.63) is 51.5 Å². The van der Waals surface area contributed by atoms with Gasteiger partial charge in [0.1, 0.15) is 0 Å². The molecule has 25 heavy (non-hydrogen) atoms. The SMILES string of the molecule is Cc1ncsc1CN(C)C[C@@H]1CCN(C(=O)c2ccc(C#N)cc2)C1. The number of rotatable bonds is 5. The molecule has 2 heterocycles. The van der Waals surface area contributed by atoms with Crippen LogP contribution < -0.4 is 0 Å². The van der Waals surface area contributed by atoms with Crippen LogP contribution in [0.3, 0.4) is 0 Å². The van der Waals surface area contributed by atoms with Gasteiger partial charge >= 0.3 is 0 Å². The van der Waals surface area contributed by atoms with Crippen LogP contribution in [0.25, 0.3) is 0 Å². The number of hydrogen-bond donors (Lipinski definition) is 0. The van der Waals surface area contributed by atoms with Crippen molar-refractivity contribution in [1.29, 1.82) is 5.26 Å². The highest BCUT2D eigenvalue weighted by atomic mass is 32.1. The highest BCUT2D eigenvalue weighted by molar-refractivity contribution is 7.09. The summed E-state index contributed by atoms with van der Waals surface area (Å²) in [5, 5.41) is 8.85. The second-order valence-electron chi connectivity index (χ2n) is 6.65. The van der Waals surface area contributed by atoms with Crippen LogP contribution in [0.2, 0.25) is 0 Å². The van der Waals surface area contributed by atoms with E-state index < -0.39 is 0 Å². The minimum Gasteiger partial charge on any atom is -0.338 e. The van der Waals surface area contributed by atoms with Gasteiger partial charge in [0, 0.05) is 36.6 Å². The van der Waals surface area contributed by atoms with Crippen LogP contribution in [-0.2, 0) is 6.54 Å². The molecule has 0 radical (unpaired) electrons. The van der Waals surface area contributed by atoms with Crippen LogP contribution in [0.1, 0.15) is 32.9 Å². The lowest BCUT2D eigenvalue weighted by molar-refractivity contribution is 0.0784. The van der Waals surface area contributed by atoms with Crippen molar-refractivity contribution in [3.63, 3.8) is 0 Å². The summed E-state index contributed by atoms with van der Waals surface area (Å²) in [6.07, 6.45) is 1.04. The van der Waals surface area contributed by atoms with E-state index in [0.717, 1.165) is 38.3 Å². The van der Waals surface area contributed by atoms with Crippen molar-refractivity contribution in [2.75, 3.05) is 26.7 Å². The summed E-state index contributed by atoms with van der Waals surface area (Å²) in [5.41, 5.74) is 4.25. The fourth-order valence-electron chi connectivity index (χ4n) is 3.26. The Bertz CT molecular complexity index is 777. The van der Waals surface area contributed by atoms with Crippen molar-refractivity contribution in [3.8, 4) is 6.07 Å². The number of amides is 1. The van der Waals surface area contributed by atoms with E-state index in [1.165, 1.54) is 4.88 Å². The fourth-order valence-corrected chi connectivity index (χ4v) is 4.12. The largest absolute Gasteiger partial charge is 0.338 e. The minimum absolute atomic E-state index is 0.0629. The molecule has 1 aromatic carbocycles. The van der Waals surface area contributed by atoms with Crippen LogP contribution >= 0.6 is 11.3 Å². The van der Waals surface area contributed by atoms with Gasteiger partial charge in [0.05, 0.1) is 22.8 Å². The maximum absolute atomic E-state index is 12.6. The molecule has 1 aliphatic rings. The third-order valence-corrected chi connectivity index (χ3v) is 5.58. The zero-order chi connectivity index (χ0) is 17.8. The number of aryl methyl sites for hydroxylation is 1. The van der Waals surface area contributed by atoms with Gasteiger partial charge < -0.3 is 9.80 Å². The number of benzene rings is 1. The molecule has 0 unspecified atom stereocenters. The monoisotopic (exact) mass is 354 g/mol. The van der Waals surface area contributed by atoms with Gasteiger partial charge in [0.2, 0.25) is 0 Å². The van der Waals surface area contributed by atoms with Gasteiger partial charge in [-0.2, -0.15) is 5.26 Å². The summed E-state index contributed by atoms with van der Waals surface area (Å²) < 4.78 is 0. The summed E-state index contributed by atoms with van der Waals surface area (Å²) in [5.74, 6) is 0.563. The number of hydrogen-bond acceptors (Lipinski definition) is 5. The van der Waals surface area contributed by atoms with E-state index >= 15 is 0 Å². The zero-order valence-electron chi connectivity index (χ0n) is 14.6. The fraction of sp³-hybridized carbons (Fsp3) is 0.421. The van der Waals surface area contributed by atoms with Crippen molar-refractivity contribution < 1.29 is 4.79 Å². The quantitative estimate of drug-likeness (QED) is 0.828. The molecular formula is C19H22N4OS. The Morgan fingerprint density at radius 2 is 2.20 bits per heavy atom. The van der Waals surface area contributed by atoms with E-state index in [-0.39, 0.29) is 5.91 Å². The van der Waals surface area contributed by atoms with E-state index in [9.17, 15) is 4.79 Å². The molecule has 0 N–H and O–H groups in total. The molecule has 1 aromatic heterocycles. The van der Waals surface area contributed by atoms with Crippen molar-refractivity contribution >= 4 is 17.2 Å². The average Bonchev–Trinajstić information content (AvgIpc) is 3.24. The Kier molecular flexibility index (Phi) is 5.47. The Labute approximate surface area is 152 Å². The predicted octanol–water partition coefficient (Wildman–Crippen LogP) is 2.92. The highest BCUT2D eigenvalue weighted by Crippen LogP contribution is 2.21. The first-order valence-corrected chi connectivity index (χ1v) is 9.31. The van der Waals surface area contributed by atoms with Gasteiger partial charge in [-0.3, -0.25) is 4.79 Å². The maximum atomic E-state index is 12.6. The Morgan fingerprint density at radius 3 is 2.84 bits per heavy atom. The Morgan fingerprint density at radius 1 is 1.44 bits per heavy atom. The van der Waals surface area contributed by atoms with Gasteiger partial charge in [-0.25, -0.2) is 4.98 Å². The Balaban J connectivity index is 1.53. The van der Waals surface area contributed by atoms with Crippen LogP contribution in [0.4, 0.5) is 0 Å². The van der Waals surface area contributed by atoms with Crippen LogP contribution in [0, 0.1) is 24.2 Å². The first-order chi connectivity index (χ1) is 12.1. The molecule has 0 aliphatic carbocycles. The lowest BCUT2D eigenvalue weighted by Crippen LogP contribution is -2.31. The molecular weight excluding hydrogens is 332 g/mol. The van der Waals surface area contributed by atoms with Gasteiger partial charge in [-0.15, -0.1) is 11.3 Å². The maximum Gasteiger partial charge on any atom is 0.253 e. The lowest BCUT2D eigenvalue weighted by Gasteiger charge is -2.21. The first kappa shape index (κ1) is 17.6. The molecule has 1 saturated heterocycles. The summed E-state index contributed by atoms with van der Waals surface area (Å²) in [4.78, 5) is 22.5. The molecule has 0 bridgehead atoms. The number of nitriles is 1. The van der Waals surface area contributed by atoms with E-state index in [1.807, 2.05) is 17.3 Å². The molecule has 5 nitrogen and oxygen atoms in total. The molecule has 1 fully saturated rings. The molecule has 130 valence electrons. The topological polar surface area (TPSA) is 60.2 Å². The standard InChI is InChI=1S/C19H22N4OS/c1-14-18(25-13-21-14)12-22(2)10-16-7-8-23(11-16)19(24)17-5-3-15(9-20)4-6-17/h3-6,13,16H,7-8,10-12H2,1-2H3/t16-/m0/s1. The molecule has 1 atom stereocenters. The number of thiazole rings is 1. The third kappa shape index (κ3) is 4.25. The van der Waals surface area contributed by atoms with Crippen molar-refractivity contribution in [2.45, 2.75) is 19.9 Å². The number of aromatic nitrogens is 1. The predicted molar refractivity (Wildman–Crippen MR) is 98.4 cm³/mol. The molecule has 1 amide bonds. The number of carbonyl (C=O) groups excluding carboxylic acids is 1. The van der Waals surface area contributed by atoms with Gasteiger partial charge in [-0.05, 0) is 50.6 Å². The molecule has 0 saturated carbocycles. The van der Waals surface area contributed by atoms with Crippen LogP contribution in [0.15, 0.2) is 29.8 Å². The highest BCUT2D eigenvalue weighted by Gasteiger charge is 2.27. The molecule has 0 spiro atoms. The summed E-state index contributed by atoms with van der Waals surface area (Å²) in [6, 6.07) is 8.97. The number of likely N-dealkylation sites (tertiary alicyclic amines) is 1. The minimum atomic E-state index is 0.0629. The third-order valence-electron chi connectivity index (χ3n) is 4.66. The van der Waals surface area contributed by atoms with Crippen molar-refractivity contribution in [2.24, 2.45) is 5.92 Å². The number of nitrogens with zero attached hydrogens (tertiary/aromatic N) is 4. The first-order valence-electron chi connectivity index (χ1n) is 8.43. The number of carbonyl (C=O) groups is 1. The van der Waals surface area contributed by atoms with E-state index in [4.69, 9.17) is 5.26 Å². The van der Waals surface area contributed by atoms with Gasteiger partial charge in [0.25, 0.3) is 5.91 Å². The van der Waals surface area contributed by atoms with Crippen molar-refractivity contribution in [1.82, 2.24) is 14.8 Å². The van der Waals surface area contributed by atoms with Crippen LogP contribution in [0.5, 0.6) is 0 Å². The lowest BCUT2D eigenvalue weighted by atomic mass is 10.1. The summed E-state index contributed by atoms with van der Waals surface area (Å²) in [7, 11) is 2.13. The Hall–Kier alpha value is -2.23. The molecule has 3 rings (SSSR count). The smallest absolute Gasteiger partial charge is 0.253 e. The molecule has 1 aliphatic heterocycles. The van der Waals surface area contributed by atoms with E-state index in [2.05, 4.69) is 23.0 Å². The second-order valence-corrected chi connectivity index (χ2v) is 7.59. The molecule has 6 heteroatoms. The summed E-state index contributed by atoms with van der Waals surface area (Å²) in [6.45, 7) is 5.54. The van der Waals surface area contributed by atoms with E-state index in [1.54, 1.807) is 35.6 Å². The van der Waals surface area contributed by atoms with Gasteiger partial charge in [0.15, 0.2) is 0 Å². The molecule has 2 aromatic rings. The summed E-state index contributed by atoms with van der Waals surface area (Å²) >= 11 is 1.70. The van der Waals surface area contributed by atoms with Crippen LogP contribution in [-0.4, -0.2) is 47.4 Å². The average molecular weight is 354 g/mol. The van der Waals surface area contributed by atoms with E-state index in [0.29, 0.717) is 17.0 Å². The second kappa shape index (κ2) is 7.77.